The standard InChI is InChI=1S/C16H17N7O4S3/c1-22-16(19-20-21-22)30-6-7-5-29-14-10(13(25)23(14)11(7)15(26)27)18-12(24)9(17)8-3-2-4-28-8/h2-4,9-10,14H,5-6,17H2,1H3,(H,18,24)(H,26,27). The lowest BCUT2D eigenvalue weighted by atomic mass is 10.0. The minimum Gasteiger partial charge on any atom is -0.477 e. The zero-order valence-corrected chi connectivity index (χ0v) is 18.0. The van der Waals surface area contributed by atoms with Crippen LogP contribution in [0.15, 0.2) is 33.9 Å². The third-order valence-electron chi connectivity index (χ3n) is 4.64. The van der Waals surface area contributed by atoms with Crippen molar-refractivity contribution in [2.24, 2.45) is 12.8 Å². The van der Waals surface area contributed by atoms with Crippen LogP contribution in [0.3, 0.4) is 0 Å². The number of amides is 2. The Kier molecular flexibility index (Phi) is 5.81. The van der Waals surface area contributed by atoms with E-state index in [4.69, 9.17) is 5.73 Å². The fourth-order valence-corrected chi connectivity index (χ4v) is 6.19. The Hall–Kier alpha value is -2.42. The molecular weight excluding hydrogens is 450 g/mol. The number of rotatable bonds is 7. The number of β-lactam (4-membered cyclic amide) rings is 1. The second-order valence-corrected chi connectivity index (χ2v) is 9.55. The second-order valence-electron chi connectivity index (χ2n) is 6.52. The van der Waals surface area contributed by atoms with Crippen molar-refractivity contribution in [1.82, 2.24) is 30.4 Å². The number of thioether (sulfide) groups is 2. The van der Waals surface area contributed by atoms with Gasteiger partial charge in [-0.2, -0.15) is 0 Å². The molecule has 4 heterocycles. The number of hydrogen-bond donors (Lipinski definition) is 3. The molecular formula is C16H17N7O4S3. The Morgan fingerprint density at radius 1 is 1.50 bits per heavy atom. The number of aromatic nitrogens is 4. The van der Waals surface area contributed by atoms with Gasteiger partial charge in [0.1, 0.15) is 23.2 Å². The Labute approximate surface area is 183 Å². The lowest BCUT2D eigenvalue weighted by Crippen LogP contribution is -2.71. The molecule has 2 aliphatic rings. The molecule has 0 saturated carbocycles. The number of aryl methyl sites for hydroxylation is 1. The summed E-state index contributed by atoms with van der Waals surface area (Å²) in [5.74, 6) is -1.36. The van der Waals surface area contributed by atoms with Gasteiger partial charge in [-0.15, -0.1) is 28.2 Å². The zero-order valence-electron chi connectivity index (χ0n) is 15.6. The number of carboxylic acid groups (broad SMARTS) is 1. The van der Waals surface area contributed by atoms with Crippen LogP contribution in [0.2, 0.25) is 0 Å². The van der Waals surface area contributed by atoms with Crippen LogP contribution in [0.4, 0.5) is 0 Å². The highest BCUT2D eigenvalue weighted by Crippen LogP contribution is 2.41. The van der Waals surface area contributed by atoms with Crippen molar-refractivity contribution < 1.29 is 19.5 Å². The van der Waals surface area contributed by atoms with Gasteiger partial charge in [-0.3, -0.25) is 14.5 Å². The number of aliphatic carboxylic acids is 1. The molecule has 0 aromatic carbocycles. The van der Waals surface area contributed by atoms with E-state index in [2.05, 4.69) is 20.8 Å². The molecule has 11 nitrogen and oxygen atoms in total. The molecule has 1 fully saturated rings. The number of thiophene rings is 1. The molecule has 1 saturated heterocycles. The molecule has 0 spiro atoms. The maximum Gasteiger partial charge on any atom is 0.352 e. The highest BCUT2D eigenvalue weighted by atomic mass is 32.2. The zero-order chi connectivity index (χ0) is 21.4. The summed E-state index contributed by atoms with van der Waals surface area (Å²) >= 11 is 4.05. The van der Waals surface area contributed by atoms with Gasteiger partial charge in [0.05, 0.1) is 0 Å². The molecule has 4 rings (SSSR count). The number of carbonyl (C=O) groups is 3. The van der Waals surface area contributed by atoms with Gasteiger partial charge in [-0.1, -0.05) is 17.8 Å². The Morgan fingerprint density at radius 2 is 2.30 bits per heavy atom. The topological polar surface area (TPSA) is 156 Å². The van der Waals surface area contributed by atoms with Crippen LogP contribution in [0.5, 0.6) is 0 Å². The van der Waals surface area contributed by atoms with Crippen molar-refractivity contribution >= 4 is 52.6 Å². The summed E-state index contributed by atoms with van der Waals surface area (Å²) < 4.78 is 1.49. The van der Waals surface area contributed by atoms with E-state index >= 15 is 0 Å². The van der Waals surface area contributed by atoms with Crippen LogP contribution in [0, 0.1) is 0 Å². The number of tetrazole rings is 1. The van der Waals surface area contributed by atoms with Crippen LogP contribution in [-0.2, 0) is 21.4 Å². The van der Waals surface area contributed by atoms with E-state index < -0.39 is 35.2 Å². The van der Waals surface area contributed by atoms with Crippen LogP contribution in [-0.4, -0.2) is 70.9 Å². The van der Waals surface area contributed by atoms with E-state index in [9.17, 15) is 19.5 Å². The van der Waals surface area contributed by atoms with Gasteiger partial charge in [0.25, 0.3) is 5.91 Å². The summed E-state index contributed by atoms with van der Waals surface area (Å²) in [6.07, 6.45) is 0. The Bertz CT molecular complexity index is 1020. The molecule has 3 atom stereocenters. The van der Waals surface area contributed by atoms with Crippen molar-refractivity contribution in [3.8, 4) is 0 Å². The van der Waals surface area contributed by atoms with Crippen molar-refractivity contribution in [2.75, 3.05) is 11.5 Å². The van der Waals surface area contributed by atoms with E-state index in [1.807, 2.05) is 5.38 Å². The molecule has 0 aliphatic carbocycles. The van der Waals surface area contributed by atoms with E-state index in [1.165, 1.54) is 44.4 Å². The predicted molar refractivity (Wildman–Crippen MR) is 110 cm³/mol. The molecule has 2 aromatic heterocycles. The molecule has 3 unspecified atom stereocenters. The van der Waals surface area contributed by atoms with Crippen LogP contribution in [0.25, 0.3) is 0 Å². The fourth-order valence-electron chi connectivity index (χ4n) is 3.13. The minimum atomic E-state index is -1.18. The maximum atomic E-state index is 12.7. The summed E-state index contributed by atoms with van der Waals surface area (Å²) in [6.45, 7) is 0. The van der Waals surface area contributed by atoms with Gasteiger partial charge in [0.15, 0.2) is 0 Å². The number of fused-ring (bicyclic) bond motifs is 1. The van der Waals surface area contributed by atoms with Crippen molar-refractivity contribution in [3.63, 3.8) is 0 Å². The molecule has 4 N–H and O–H groups in total. The average Bonchev–Trinajstić information content (AvgIpc) is 3.40. The van der Waals surface area contributed by atoms with Crippen LogP contribution in [0.1, 0.15) is 10.9 Å². The average molecular weight is 468 g/mol. The first-order chi connectivity index (χ1) is 14.4. The van der Waals surface area contributed by atoms with Crippen molar-refractivity contribution in [3.05, 3.63) is 33.7 Å². The van der Waals surface area contributed by atoms with Crippen molar-refractivity contribution in [1.29, 1.82) is 0 Å². The summed E-state index contributed by atoms with van der Waals surface area (Å²) in [6, 6.07) is 1.86. The molecule has 2 amide bonds. The normalized spacial score (nSPS) is 21.8. The van der Waals surface area contributed by atoms with E-state index in [0.29, 0.717) is 27.1 Å². The first-order valence-electron chi connectivity index (χ1n) is 8.73. The SMILES string of the molecule is Cn1nnnc1SCC1=C(C(=O)O)N2C(=O)C(NC(=O)C(N)c3cccs3)C2SC1. The van der Waals surface area contributed by atoms with E-state index in [0.717, 1.165) is 0 Å². The third kappa shape index (κ3) is 3.71. The molecule has 0 radical (unpaired) electrons. The highest BCUT2D eigenvalue weighted by Gasteiger charge is 2.54. The smallest absolute Gasteiger partial charge is 0.352 e. The summed E-state index contributed by atoms with van der Waals surface area (Å²) in [7, 11) is 1.69. The summed E-state index contributed by atoms with van der Waals surface area (Å²) in [5, 5.41) is 25.4. The van der Waals surface area contributed by atoms with Crippen molar-refractivity contribution in [2.45, 2.75) is 22.6 Å². The van der Waals surface area contributed by atoms with Crippen LogP contribution >= 0.6 is 34.9 Å². The quantitative estimate of drug-likeness (QED) is 0.368. The van der Waals surface area contributed by atoms with Gasteiger partial charge in [-0.25, -0.2) is 9.48 Å². The number of carboxylic acids is 1. The number of carbonyl (C=O) groups excluding carboxylic acids is 2. The first kappa shape index (κ1) is 20.8. The summed E-state index contributed by atoms with van der Waals surface area (Å²) in [4.78, 5) is 39.0. The lowest BCUT2D eigenvalue weighted by Gasteiger charge is -2.49. The Balaban J connectivity index is 1.46. The number of hydrogen-bond acceptors (Lipinski definition) is 10. The van der Waals surface area contributed by atoms with Gasteiger partial charge >= 0.3 is 5.97 Å². The van der Waals surface area contributed by atoms with Gasteiger partial charge < -0.3 is 16.2 Å². The largest absolute Gasteiger partial charge is 0.477 e. The van der Waals surface area contributed by atoms with E-state index in [-0.39, 0.29) is 5.70 Å². The number of nitrogens with zero attached hydrogens (tertiary/aromatic N) is 5. The van der Waals surface area contributed by atoms with Crippen LogP contribution < -0.4 is 11.1 Å². The molecule has 158 valence electrons. The molecule has 2 aliphatic heterocycles. The molecule has 30 heavy (non-hydrogen) atoms. The highest BCUT2D eigenvalue weighted by molar-refractivity contribution is 8.01. The number of nitrogens with two attached hydrogens (primary N) is 1. The monoisotopic (exact) mass is 467 g/mol. The third-order valence-corrected chi connectivity index (χ3v) is 8.03. The van der Waals surface area contributed by atoms with Gasteiger partial charge in [0.2, 0.25) is 11.1 Å². The number of nitrogens with one attached hydrogen (secondary N) is 1. The second kappa shape index (κ2) is 8.37. The summed E-state index contributed by atoms with van der Waals surface area (Å²) in [5.41, 5.74) is 6.52. The maximum absolute atomic E-state index is 12.7. The Morgan fingerprint density at radius 3 is 2.93 bits per heavy atom. The molecule has 14 heteroatoms. The fraction of sp³-hybridized carbons (Fsp3) is 0.375. The molecule has 2 aromatic rings. The van der Waals surface area contributed by atoms with E-state index in [1.54, 1.807) is 19.2 Å². The van der Waals surface area contributed by atoms with Gasteiger partial charge in [0, 0.05) is 23.4 Å². The lowest BCUT2D eigenvalue weighted by molar-refractivity contribution is -0.150. The minimum absolute atomic E-state index is 0.0422. The predicted octanol–water partition coefficient (Wildman–Crippen LogP) is -0.198. The molecule has 0 bridgehead atoms. The van der Waals surface area contributed by atoms with Gasteiger partial charge in [-0.05, 0) is 27.4 Å². The first-order valence-corrected chi connectivity index (χ1v) is 11.6.